The molecule has 0 heterocycles. The summed E-state index contributed by atoms with van der Waals surface area (Å²) in [5.41, 5.74) is 0. The summed E-state index contributed by atoms with van der Waals surface area (Å²) in [6.45, 7) is 16.5. The third-order valence-electron chi connectivity index (χ3n) is 4.10. The van der Waals surface area contributed by atoms with Crippen LogP contribution in [0.5, 0.6) is 0 Å². The second-order valence-electron chi connectivity index (χ2n) is 6.98. The molecule has 0 saturated heterocycles. The van der Waals surface area contributed by atoms with E-state index in [2.05, 4.69) is 55.1 Å². The predicted molar refractivity (Wildman–Crippen MR) is 115 cm³/mol. The minimum absolute atomic E-state index is 0. The summed E-state index contributed by atoms with van der Waals surface area (Å²) in [6.07, 6.45) is 3.71. The van der Waals surface area contributed by atoms with Gasteiger partial charge in [0.25, 0.3) is 0 Å². The van der Waals surface area contributed by atoms with Gasteiger partial charge in [-0.2, -0.15) is 0 Å². The molecule has 5 nitrogen and oxygen atoms in total. The van der Waals surface area contributed by atoms with Crippen molar-refractivity contribution in [3.8, 4) is 0 Å². The average Bonchev–Trinajstić information content (AvgIpc) is 3.30. The van der Waals surface area contributed by atoms with Crippen LogP contribution in [-0.2, 0) is 4.74 Å². The average molecular weight is 454 g/mol. The molecule has 1 rings (SSSR count). The van der Waals surface area contributed by atoms with Gasteiger partial charge in [-0.1, -0.05) is 0 Å². The zero-order valence-corrected chi connectivity index (χ0v) is 18.6. The summed E-state index contributed by atoms with van der Waals surface area (Å²) in [5.74, 6) is 1.77. The Balaban J connectivity index is 0.00000529. The molecule has 1 saturated carbocycles. The van der Waals surface area contributed by atoms with Crippen LogP contribution in [-0.4, -0.2) is 62.3 Å². The first-order valence-electron chi connectivity index (χ1n) is 9.40. The Hall–Kier alpha value is -0.0800. The molecule has 0 atom stereocenters. The Bertz CT molecular complexity index is 325. The molecule has 144 valence electrons. The van der Waals surface area contributed by atoms with Crippen molar-refractivity contribution >= 4 is 29.9 Å². The van der Waals surface area contributed by atoms with Crippen LogP contribution in [0.25, 0.3) is 0 Å². The van der Waals surface area contributed by atoms with E-state index < -0.39 is 0 Å². The highest BCUT2D eigenvalue weighted by Crippen LogP contribution is 2.28. The first-order valence-corrected chi connectivity index (χ1v) is 9.40. The Morgan fingerprint density at radius 1 is 1.17 bits per heavy atom. The first-order chi connectivity index (χ1) is 11.0. The number of guanidine groups is 1. The normalized spacial score (nSPS) is 15.1. The maximum atomic E-state index is 5.65. The highest BCUT2D eigenvalue weighted by Gasteiger charge is 2.20. The summed E-state index contributed by atoms with van der Waals surface area (Å²) < 4.78 is 5.65. The van der Waals surface area contributed by atoms with Gasteiger partial charge < -0.3 is 15.4 Å². The Morgan fingerprint density at radius 2 is 1.83 bits per heavy atom. The number of aliphatic imine (C=N–C) groups is 1. The summed E-state index contributed by atoms with van der Waals surface area (Å²) in [7, 11) is 0. The van der Waals surface area contributed by atoms with Gasteiger partial charge in [0, 0.05) is 51.5 Å². The van der Waals surface area contributed by atoms with E-state index in [1.807, 2.05) is 0 Å². The van der Waals surface area contributed by atoms with Gasteiger partial charge in [-0.05, 0) is 59.8 Å². The number of hydrogen-bond acceptors (Lipinski definition) is 3. The molecule has 0 radical (unpaired) electrons. The molecule has 0 aliphatic heterocycles. The van der Waals surface area contributed by atoms with E-state index in [1.165, 1.54) is 12.8 Å². The van der Waals surface area contributed by atoms with Crippen LogP contribution >= 0.6 is 24.0 Å². The SMILES string of the molecule is CCNC(=NCCCOCC1CC1)NCCN(C(C)C)C(C)C.I. The molecule has 0 aromatic carbocycles. The van der Waals surface area contributed by atoms with E-state index in [1.54, 1.807) is 0 Å². The smallest absolute Gasteiger partial charge is 0.191 e. The summed E-state index contributed by atoms with van der Waals surface area (Å²) in [4.78, 5) is 7.12. The van der Waals surface area contributed by atoms with E-state index in [4.69, 9.17) is 4.74 Å². The fourth-order valence-electron chi connectivity index (χ4n) is 2.65. The number of nitrogens with one attached hydrogen (secondary N) is 2. The van der Waals surface area contributed by atoms with Gasteiger partial charge in [-0.15, -0.1) is 24.0 Å². The molecule has 6 heteroatoms. The molecule has 0 bridgehead atoms. The number of ether oxygens (including phenoxy) is 1. The molecular formula is C18H39IN4O. The molecule has 1 fully saturated rings. The monoisotopic (exact) mass is 454 g/mol. The second-order valence-corrected chi connectivity index (χ2v) is 6.98. The molecule has 1 aliphatic carbocycles. The van der Waals surface area contributed by atoms with Crippen LogP contribution in [0.15, 0.2) is 4.99 Å². The zero-order valence-electron chi connectivity index (χ0n) is 16.3. The molecular weight excluding hydrogens is 415 g/mol. The van der Waals surface area contributed by atoms with Crippen LogP contribution in [0.3, 0.4) is 0 Å². The molecule has 2 N–H and O–H groups in total. The van der Waals surface area contributed by atoms with Crippen LogP contribution in [0.4, 0.5) is 0 Å². The third kappa shape index (κ3) is 11.5. The first kappa shape index (κ1) is 23.9. The number of nitrogens with zero attached hydrogens (tertiary/aromatic N) is 2. The van der Waals surface area contributed by atoms with Gasteiger partial charge in [-0.25, -0.2) is 0 Å². The predicted octanol–water partition coefficient (Wildman–Crippen LogP) is 3.10. The van der Waals surface area contributed by atoms with Crippen LogP contribution in [0, 0.1) is 5.92 Å². The lowest BCUT2D eigenvalue weighted by Gasteiger charge is -2.30. The van der Waals surface area contributed by atoms with Crippen molar-refractivity contribution in [3.05, 3.63) is 0 Å². The third-order valence-corrected chi connectivity index (χ3v) is 4.10. The summed E-state index contributed by atoms with van der Waals surface area (Å²) in [6, 6.07) is 1.14. The molecule has 0 amide bonds. The van der Waals surface area contributed by atoms with E-state index in [0.29, 0.717) is 12.1 Å². The van der Waals surface area contributed by atoms with Crippen LogP contribution in [0.2, 0.25) is 0 Å². The van der Waals surface area contributed by atoms with Gasteiger partial charge in [0.05, 0.1) is 0 Å². The van der Waals surface area contributed by atoms with Gasteiger partial charge in [0.1, 0.15) is 0 Å². The van der Waals surface area contributed by atoms with Crippen molar-refractivity contribution < 1.29 is 4.74 Å². The molecule has 0 spiro atoms. The quantitative estimate of drug-likeness (QED) is 0.206. The van der Waals surface area contributed by atoms with Gasteiger partial charge in [0.15, 0.2) is 5.96 Å². The lowest BCUT2D eigenvalue weighted by molar-refractivity contribution is 0.123. The van der Waals surface area contributed by atoms with Crippen molar-refractivity contribution in [1.29, 1.82) is 0 Å². The number of hydrogen-bond donors (Lipinski definition) is 2. The van der Waals surface area contributed by atoms with Crippen molar-refractivity contribution in [3.63, 3.8) is 0 Å². The van der Waals surface area contributed by atoms with E-state index in [-0.39, 0.29) is 24.0 Å². The van der Waals surface area contributed by atoms with Crippen LogP contribution in [0.1, 0.15) is 53.9 Å². The lowest BCUT2D eigenvalue weighted by atomic mass is 10.2. The van der Waals surface area contributed by atoms with Gasteiger partial charge in [-0.3, -0.25) is 9.89 Å². The topological polar surface area (TPSA) is 48.9 Å². The summed E-state index contributed by atoms with van der Waals surface area (Å²) in [5, 5.41) is 6.75. The molecule has 0 aromatic rings. The molecule has 24 heavy (non-hydrogen) atoms. The highest BCUT2D eigenvalue weighted by molar-refractivity contribution is 14.0. The standard InChI is InChI=1S/C18H38N4O.HI/c1-6-19-18(20-10-7-13-23-14-17-8-9-17)21-11-12-22(15(2)3)16(4)5;/h15-17H,6-14H2,1-5H3,(H2,19,20,21);1H. The maximum absolute atomic E-state index is 5.65. The second kappa shape index (κ2) is 14.1. The Morgan fingerprint density at radius 3 is 2.38 bits per heavy atom. The van der Waals surface area contributed by atoms with E-state index in [0.717, 1.165) is 57.7 Å². The highest BCUT2D eigenvalue weighted by atomic mass is 127. The number of halogens is 1. The van der Waals surface area contributed by atoms with E-state index >= 15 is 0 Å². The summed E-state index contributed by atoms with van der Waals surface area (Å²) >= 11 is 0. The molecule has 1 aliphatic rings. The van der Waals surface area contributed by atoms with Gasteiger partial charge >= 0.3 is 0 Å². The van der Waals surface area contributed by atoms with E-state index in [9.17, 15) is 0 Å². The van der Waals surface area contributed by atoms with Crippen molar-refractivity contribution in [1.82, 2.24) is 15.5 Å². The largest absolute Gasteiger partial charge is 0.381 e. The molecule has 0 aromatic heterocycles. The maximum Gasteiger partial charge on any atom is 0.191 e. The van der Waals surface area contributed by atoms with Crippen molar-refractivity contribution in [2.24, 2.45) is 10.9 Å². The molecule has 0 unspecified atom stereocenters. The lowest BCUT2D eigenvalue weighted by Crippen LogP contribution is -2.45. The zero-order chi connectivity index (χ0) is 17.1. The van der Waals surface area contributed by atoms with Crippen LogP contribution < -0.4 is 10.6 Å². The van der Waals surface area contributed by atoms with Gasteiger partial charge in [0.2, 0.25) is 0 Å². The Labute approximate surface area is 166 Å². The Kier molecular flexibility index (Phi) is 14.1. The van der Waals surface area contributed by atoms with Crippen molar-refractivity contribution in [2.45, 2.75) is 66.0 Å². The van der Waals surface area contributed by atoms with Crippen molar-refractivity contribution in [2.75, 3.05) is 39.4 Å². The fraction of sp³-hybridized carbons (Fsp3) is 0.944. The number of rotatable bonds is 12. The minimum Gasteiger partial charge on any atom is -0.381 e. The minimum atomic E-state index is 0. The fourth-order valence-corrected chi connectivity index (χ4v) is 2.65.